The molecule has 1 unspecified atom stereocenters. The maximum absolute atomic E-state index is 12.6. The van der Waals surface area contributed by atoms with Crippen molar-refractivity contribution in [1.29, 1.82) is 0 Å². The van der Waals surface area contributed by atoms with Crippen LogP contribution in [0.15, 0.2) is 36.7 Å². The number of benzene rings is 1. The minimum Gasteiger partial charge on any atom is -0.497 e. The predicted octanol–water partition coefficient (Wildman–Crippen LogP) is 3.73. The maximum Gasteiger partial charge on any atom is 0.263 e. The molecule has 6 heteroatoms. The zero-order valence-electron chi connectivity index (χ0n) is 14.5. The Morgan fingerprint density at radius 2 is 2.04 bits per heavy atom. The molecule has 2 heterocycles. The number of carbonyl (C=O) groups excluding carboxylic acids is 1. The van der Waals surface area contributed by atoms with Gasteiger partial charge in [0.15, 0.2) is 0 Å². The fourth-order valence-electron chi connectivity index (χ4n) is 2.79. The van der Waals surface area contributed by atoms with Gasteiger partial charge in [0.25, 0.3) is 5.91 Å². The summed E-state index contributed by atoms with van der Waals surface area (Å²) in [5, 5.41) is 3.91. The van der Waals surface area contributed by atoms with Gasteiger partial charge in [-0.2, -0.15) is 0 Å². The van der Waals surface area contributed by atoms with Gasteiger partial charge in [-0.05, 0) is 36.1 Å². The van der Waals surface area contributed by atoms with Crippen molar-refractivity contribution in [2.24, 2.45) is 0 Å². The molecule has 3 rings (SSSR count). The summed E-state index contributed by atoms with van der Waals surface area (Å²) in [4.78, 5) is 17.3. The molecular formula is C19H21N3O2S. The average Bonchev–Trinajstić information content (AvgIpc) is 2.97. The van der Waals surface area contributed by atoms with Crippen LogP contribution >= 0.6 is 11.3 Å². The summed E-state index contributed by atoms with van der Waals surface area (Å²) in [6.07, 6.45) is 3.51. The lowest BCUT2D eigenvalue weighted by molar-refractivity contribution is 0.0956. The molecule has 0 spiro atoms. The largest absolute Gasteiger partial charge is 0.497 e. The first-order chi connectivity index (χ1) is 12.0. The molecular weight excluding hydrogens is 334 g/mol. The fraction of sp³-hybridized carbons (Fsp3) is 0.263. The molecule has 0 bridgehead atoms. The Morgan fingerprint density at radius 3 is 2.68 bits per heavy atom. The number of aryl methyl sites for hydroxylation is 1. The van der Waals surface area contributed by atoms with E-state index >= 15 is 0 Å². The minimum atomic E-state index is -0.140. The highest BCUT2D eigenvalue weighted by atomic mass is 32.1. The number of ether oxygens (including phenoxy) is 1. The summed E-state index contributed by atoms with van der Waals surface area (Å²) < 4.78 is 6.11. The molecule has 0 aliphatic heterocycles. The van der Waals surface area contributed by atoms with Crippen LogP contribution in [0.5, 0.6) is 5.75 Å². The predicted molar refractivity (Wildman–Crippen MR) is 103 cm³/mol. The number of nitrogens with zero attached hydrogens (tertiary/aromatic N) is 1. The van der Waals surface area contributed by atoms with Gasteiger partial charge < -0.3 is 15.8 Å². The topological polar surface area (TPSA) is 77.2 Å². The molecule has 1 aromatic carbocycles. The summed E-state index contributed by atoms with van der Waals surface area (Å²) in [7, 11) is 1.64. The van der Waals surface area contributed by atoms with E-state index in [-0.39, 0.29) is 11.8 Å². The van der Waals surface area contributed by atoms with Gasteiger partial charge in [-0.15, -0.1) is 11.3 Å². The van der Waals surface area contributed by atoms with E-state index in [0.717, 1.165) is 27.0 Å². The number of thiophene rings is 1. The van der Waals surface area contributed by atoms with Crippen LogP contribution in [0.4, 0.5) is 5.69 Å². The SMILES string of the molecule is COc1ccc(C(C)CNC(=O)c2sc3cncc(C)c3c2N)cc1. The normalized spacial score (nSPS) is 12.1. The number of rotatable bonds is 5. The standard InChI is InChI=1S/C19H21N3O2S/c1-11(13-4-6-14(24-3)7-5-13)9-22-19(23)18-17(20)16-12(2)8-21-10-15(16)25-18/h4-8,10-11H,9,20H2,1-3H3,(H,22,23). The molecule has 3 aromatic rings. The second-order valence-corrected chi connectivity index (χ2v) is 7.11. The highest BCUT2D eigenvalue weighted by Crippen LogP contribution is 2.35. The number of hydrogen-bond donors (Lipinski definition) is 2. The highest BCUT2D eigenvalue weighted by Gasteiger charge is 2.18. The van der Waals surface area contributed by atoms with E-state index in [0.29, 0.717) is 17.1 Å². The van der Waals surface area contributed by atoms with Crippen molar-refractivity contribution in [2.75, 3.05) is 19.4 Å². The fourth-order valence-corrected chi connectivity index (χ4v) is 3.87. The van der Waals surface area contributed by atoms with E-state index in [9.17, 15) is 4.79 Å². The van der Waals surface area contributed by atoms with Crippen molar-refractivity contribution in [3.63, 3.8) is 0 Å². The summed E-state index contributed by atoms with van der Waals surface area (Å²) in [6, 6.07) is 7.87. The molecule has 0 saturated heterocycles. The number of carbonyl (C=O) groups is 1. The average molecular weight is 355 g/mol. The number of pyridine rings is 1. The Hall–Kier alpha value is -2.60. The summed E-state index contributed by atoms with van der Waals surface area (Å²) >= 11 is 1.38. The Morgan fingerprint density at radius 1 is 1.32 bits per heavy atom. The number of nitrogen functional groups attached to an aromatic ring is 1. The number of aromatic nitrogens is 1. The zero-order chi connectivity index (χ0) is 18.0. The van der Waals surface area contributed by atoms with Crippen molar-refractivity contribution in [1.82, 2.24) is 10.3 Å². The number of hydrogen-bond acceptors (Lipinski definition) is 5. The minimum absolute atomic E-state index is 0.140. The first-order valence-corrected chi connectivity index (χ1v) is 8.87. The van der Waals surface area contributed by atoms with E-state index in [1.54, 1.807) is 19.5 Å². The lowest BCUT2D eigenvalue weighted by Gasteiger charge is -2.13. The zero-order valence-corrected chi connectivity index (χ0v) is 15.3. The van der Waals surface area contributed by atoms with Crippen LogP contribution in [-0.4, -0.2) is 24.5 Å². The van der Waals surface area contributed by atoms with Crippen molar-refractivity contribution >= 4 is 33.0 Å². The van der Waals surface area contributed by atoms with Crippen LogP contribution in [0.25, 0.3) is 10.1 Å². The molecule has 1 atom stereocenters. The van der Waals surface area contributed by atoms with Gasteiger partial charge in [-0.1, -0.05) is 19.1 Å². The number of anilines is 1. The van der Waals surface area contributed by atoms with E-state index < -0.39 is 0 Å². The molecule has 0 fully saturated rings. The molecule has 0 aliphatic rings. The van der Waals surface area contributed by atoms with Gasteiger partial charge >= 0.3 is 0 Å². The molecule has 3 N–H and O–H groups in total. The van der Waals surface area contributed by atoms with Gasteiger partial charge in [0, 0.05) is 24.3 Å². The summed E-state index contributed by atoms with van der Waals surface area (Å²) in [6.45, 7) is 4.56. The van der Waals surface area contributed by atoms with Crippen molar-refractivity contribution < 1.29 is 9.53 Å². The Kier molecular flexibility index (Phi) is 4.90. The molecule has 1 amide bonds. The molecule has 0 radical (unpaired) electrons. The molecule has 130 valence electrons. The molecule has 2 aromatic heterocycles. The smallest absolute Gasteiger partial charge is 0.263 e. The van der Waals surface area contributed by atoms with E-state index in [4.69, 9.17) is 10.5 Å². The van der Waals surface area contributed by atoms with Gasteiger partial charge in [-0.25, -0.2) is 0 Å². The second kappa shape index (κ2) is 7.11. The van der Waals surface area contributed by atoms with Crippen LogP contribution in [0.1, 0.15) is 33.6 Å². The van der Waals surface area contributed by atoms with Crippen LogP contribution in [0.2, 0.25) is 0 Å². The van der Waals surface area contributed by atoms with Crippen molar-refractivity contribution in [3.8, 4) is 5.75 Å². The van der Waals surface area contributed by atoms with E-state index in [1.165, 1.54) is 11.3 Å². The van der Waals surface area contributed by atoms with Crippen LogP contribution in [0, 0.1) is 6.92 Å². The number of fused-ring (bicyclic) bond motifs is 1. The van der Waals surface area contributed by atoms with Crippen LogP contribution in [-0.2, 0) is 0 Å². The van der Waals surface area contributed by atoms with Crippen LogP contribution in [0.3, 0.4) is 0 Å². The molecule has 25 heavy (non-hydrogen) atoms. The third kappa shape index (κ3) is 3.44. The van der Waals surface area contributed by atoms with Gasteiger partial charge in [0.05, 0.1) is 17.5 Å². The first-order valence-electron chi connectivity index (χ1n) is 8.06. The van der Waals surface area contributed by atoms with Gasteiger partial charge in [-0.3, -0.25) is 9.78 Å². The Labute approximate surface area is 150 Å². The summed E-state index contributed by atoms with van der Waals surface area (Å²) in [5.74, 6) is 0.870. The van der Waals surface area contributed by atoms with E-state index in [1.807, 2.05) is 31.2 Å². The van der Waals surface area contributed by atoms with E-state index in [2.05, 4.69) is 17.2 Å². The third-order valence-electron chi connectivity index (χ3n) is 4.29. The highest BCUT2D eigenvalue weighted by molar-refractivity contribution is 7.21. The number of nitrogens with two attached hydrogens (primary N) is 1. The Balaban J connectivity index is 1.72. The van der Waals surface area contributed by atoms with Gasteiger partial charge in [0.2, 0.25) is 0 Å². The maximum atomic E-state index is 12.6. The van der Waals surface area contributed by atoms with Crippen molar-refractivity contribution in [2.45, 2.75) is 19.8 Å². The first kappa shape index (κ1) is 17.2. The van der Waals surface area contributed by atoms with Gasteiger partial charge in [0.1, 0.15) is 10.6 Å². The Bertz CT molecular complexity index is 903. The quantitative estimate of drug-likeness (QED) is 0.731. The van der Waals surface area contributed by atoms with Crippen LogP contribution < -0.4 is 15.8 Å². The molecule has 5 nitrogen and oxygen atoms in total. The number of methoxy groups -OCH3 is 1. The second-order valence-electron chi connectivity index (χ2n) is 6.06. The summed E-state index contributed by atoms with van der Waals surface area (Å²) in [5.41, 5.74) is 8.86. The lowest BCUT2D eigenvalue weighted by Crippen LogP contribution is -2.27. The molecule has 0 aliphatic carbocycles. The number of amides is 1. The number of nitrogens with one attached hydrogen (secondary N) is 1. The lowest BCUT2D eigenvalue weighted by atomic mass is 10.0. The third-order valence-corrected chi connectivity index (χ3v) is 5.43. The molecule has 0 saturated carbocycles. The monoisotopic (exact) mass is 355 g/mol. The van der Waals surface area contributed by atoms with Crippen molar-refractivity contribution in [3.05, 3.63) is 52.7 Å².